The maximum absolute atomic E-state index is 12.9. The highest BCUT2D eigenvalue weighted by molar-refractivity contribution is 5.87. The number of aliphatic hydroxyl groups excluding tert-OH is 1. The summed E-state index contributed by atoms with van der Waals surface area (Å²) in [5.41, 5.74) is 0.282. The fraction of sp³-hybridized carbons (Fsp3) is 0.333. The number of halogens is 3. The van der Waals surface area contributed by atoms with Crippen molar-refractivity contribution >= 4 is 11.7 Å². The largest absolute Gasteiger partial charge is 0.416 e. The lowest BCUT2D eigenvalue weighted by Gasteiger charge is -2.23. The average Bonchev–Trinajstić information content (AvgIpc) is 3.19. The molecule has 0 amide bonds. The van der Waals surface area contributed by atoms with Crippen LogP contribution in [-0.2, 0) is 23.1 Å². The van der Waals surface area contributed by atoms with E-state index < -0.39 is 23.6 Å². The van der Waals surface area contributed by atoms with E-state index in [0.29, 0.717) is 28.3 Å². The van der Waals surface area contributed by atoms with Crippen LogP contribution in [-0.4, -0.2) is 27.0 Å². The maximum Gasteiger partial charge on any atom is 0.416 e. The summed E-state index contributed by atoms with van der Waals surface area (Å²) in [4.78, 5) is 3.94. The van der Waals surface area contributed by atoms with Crippen LogP contribution in [0.1, 0.15) is 36.1 Å². The molecule has 2 aliphatic rings. The maximum atomic E-state index is 12.9. The molecule has 142 valence electrons. The van der Waals surface area contributed by atoms with Crippen molar-refractivity contribution in [2.75, 3.05) is 0 Å². The normalized spacial score (nSPS) is 24.9. The summed E-state index contributed by atoms with van der Waals surface area (Å²) in [5, 5.41) is 17.0. The Hall–Kier alpha value is -2.65. The third kappa shape index (κ3) is 3.02. The molecular weight excluding hydrogens is 361 g/mol. The van der Waals surface area contributed by atoms with Gasteiger partial charge in [-0.1, -0.05) is 6.07 Å². The molecule has 3 heterocycles. The average molecular weight is 378 g/mol. The van der Waals surface area contributed by atoms with Gasteiger partial charge >= 0.3 is 6.18 Å². The molecule has 0 saturated heterocycles. The first-order chi connectivity index (χ1) is 12.7. The summed E-state index contributed by atoms with van der Waals surface area (Å²) >= 11 is 0. The number of alkyl halides is 3. The van der Waals surface area contributed by atoms with E-state index in [0.717, 1.165) is 12.1 Å². The van der Waals surface area contributed by atoms with E-state index in [1.807, 2.05) is 0 Å². The first kappa shape index (κ1) is 17.7. The number of hydrogen-bond acceptors (Lipinski definition) is 5. The van der Waals surface area contributed by atoms with Crippen LogP contribution in [0.25, 0.3) is 5.82 Å². The molecule has 2 N–H and O–H groups in total. The van der Waals surface area contributed by atoms with Gasteiger partial charge in [0.1, 0.15) is 17.3 Å². The highest BCUT2D eigenvalue weighted by atomic mass is 19.4. The minimum absolute atomic E-state index is 0.0896. The number of hydrogen-bond donors (Lipinski definition) is 2. The SMILES string of the molecule is CC1=NC(O)C=C(n2cc([C@]3(C)OCc4cc(C(F)(F)F)ccc43)cn2)N1. The zero-order valence-corrected chi connectivity index (χ0v) is 14.6. The second kappa shape index (κ2) is 5.93. The van der Waals surface area contributed by atoms with Crippen molar-refractivity contribution in [1.29, 1.82) is 0 Å². The van der Waals surface area contributed by atoms with E-state index in [2.05, 4.69) is 15.4 Å². The smallest absolute Gasteiger partial charge is 0.368 e. The topological polar surface area (TPSA) is 71.7 Å². The van der Waals surface area contributed by atoms with Gasteiger partial charge in [0.25, 0.3) is 0 Å². The van der Waals surface area contributed by atoms with E-state index >= 15 is 0 Å². The fourth-order valence-corrected chi connectivity index (χ4v) is 3.36. The van der Waals surface area contributed by atoms with Crippen LogP contribution in [0, 0.1) is 0 Å². The molecule has 27 heavy (non-hydrogen) atoms. The van der Waals surface area contributed by atoms with Crippen LogP contribution in [0.3, 0.4) is 0 Å². The number of fused-ring (bicyclic) bond motifs is 1. The Morgan fingerprint density at radius 3 is 2.85 bits per heavy atom. The second-order valence-electron chi connectivity index (χ2n) is 6.67. The summed E-state index contributed by atoms with van der Waals surface area (Å²) in [6.07, 6.45) is -0.530. The van der Waals surface area contributed by atoms with Gasteiger partial charge in [-0.15, -0.1) is 0 Å². The van der Waals surface area contributed by atoms with E-state index in [1.165, 1.54) is 16.8 Å². The minimum atomic E-state index is -4.39. The number of aliphatic imine (C=N–C) groups is 1. The molecule has 0 bridgehead atoms. The van der Waals surface area contributed by atoms with Crippen molar-refractivity contribution in [2.45, 2.75) is 38.5 Å². The molecule has 2 atom stereocenters. The van der Waals surface area contributed by atoms with Gasteiger partial charge in [0, 0.05) is 17.8 Å². The summed E-state index contributed by atoms with van der Waals surface area (Å²) in [5.74, 6) is 1.08. The van der Waals surface area contributed by atoms with Crippen molar-refractivity contribution in [3.8, 4) is 0 Å². The number of rotatable bonds is 2. The van der Waals surface area contributed by atoms with Gasteiger partial charge in [-0.05, 0) is 37.1 Å². The summed E-state index contributed by atoms with van der Waals surface area (Å²) < 4.78 is 46.2. The third-order valence-corrected chi connectivity index (χ3v) is 4.78. The Labute approximate surface area is 153 Å². The molecule has 1 unspecified atom stereocenters. The molecule has 9 heteroatoms. The number of nitrogens with zero attached hydrogens (tertiary/aromatic N) is 3. The monoisotopic (exact) mass is 378 g/mol. The zero-order chi connectivity index (χ0) is 19.4. The van der Waals surface area contributed by atoms with E-state index in [9.17, 15) is 18.3 Å². The van der Waals surface area contributed by atoms with Crippen molar-refractivity contribution < 1.29 is 23.0 Å². The Kier molecular flexibility index (Phi) is 3.90. The van der Waals surface area contributed by atoms with Gasteiger partial charge in [0.15, 0.2) is 6.23 Å². The Balaban J connectivity index is 1.67. The molecular formula is C18H17F3N4O2. The molecule has 1 aromatic heterocycles. The lowest BCUT2D eigenvalue weighted by Crippen LogP contribution is -2.29. The molecule has 6 nitrogen and oxygen atoms in total. The molecule has 2 aromatic rings. The molecule has 1 aromatic carbocycles. The van der Waals surface area contributed by atoms with Gasteiger partial charge in [-0.3, -0.25) is 0 Å². The predicted octanol–water partition coefficient (Wildman–Crippen LogP) is 2.83. The van der Waals surface area contributed by atoms with Gasteiger partial charge < -0.3 is 15.2 Å². The number of aliphatic hydroxyl groups is 1. The van der Waals surface area contributed by atoms with Crippen molar-refractivity contribution in [2.24, 2.45) is 4.99 Å². The molecule has 0 spiro atoms. The number of benzene rings is 1. The number of aromatic nitrogens is 2. The first-order valence-corrected chi connectivity index (χ1v) is 8.28. The highest BCUT2D eigenvalue weighted by Gasteiger charge is 2.40. The molecule has 0 saturated carbocycles. The minimum Gasteiger partial charge on any atom is -0.368 e. The predicted molar refractivity (Wildman–Crippen MR) is 91.4 cm³/mol. The Morgan fingerprint density at radius 2 is 2.15 bits per heavy atom. The summed E-state index contributed by atoms with van der Waals surface area (Å²) in [6, 6.07) is 3.66. The lowest BCUT2D eigenvalue weighted by molar-refractivity contribution is -0.137. The molecule has 0 radical (unpaired) electrons. The lowest BCUT2D eigenvalue weighted by atomic mass is 9.88. The highest BCUT2D eigenvalue weighted by Crippen LogP contribution is 2.43. The molecule has 4 rings (SSSR count). The summed E-state index contributed by atoms with van der Waals surface area (Å²) in [6.45, 7) is 3.61. The van der Waals surface area contributed by atoms with Crippen LogP contribution in [0.5, 0.6) is 0 Å². The van der Waals surface area contributed by atoms with Crippen LogP contribution < -0.4 is 5.32 Å². The van der Waals surface area contributed by atoms with Crippen LogP contribution >= 0.6 is 0 Å². The quantitative estimate of drug-likeness (QED) is 0.843. The Morgan fingerprint density at radius 1 is 1.37 bits per heavy atom. The van der Waals surface area contributed by atoms with Crippen LogP contribution in [0.15, 0.2) is 41.7 Å². The van der Waals surface area contributed by atoms with E-state index in [-0.39, 0.29) is 6.61 Å². The van der Waals surface area contributed by atoms with E-state index in [4.69, 9.17) is 4.74 Å². The van der Waals surface area contributed by atoms with Crippen molar-refractivity contribution in [3.63, 3.8) is 0 Å². The van der Waals surface area contributed by atoms with Crippen LogP contribution in [0.2, 0.25) is 0 Å². The van der Waals surface area contributed by atoms with Gasteiger partial charge in [0.05, 0.1) is 18.4 Å². The number of ether oxygens (including phenoxy) is 1. The fourth-order valence-electron chi connectivity index (χ4n) is 3.36. The third-order valence-electron chi connectivity index (χ3n) is 4.78. The van der Waals surface area contributed by atoms with Crippen molar-refractivity contribution in [1.82, 2.24) is 15.1 Å². The van der Waals surface area contributed by atoms with Crippen LogP contribution in [0.4, 0.5) is 13.2 Å². The van der Waals surface area contributed by atoms with E-state index in [1.54, 1.807) is 26.2 Å². The second-order valence-corrected chi connectivity index (χ2v) is 6.67. The molecule has 2 aliphatic heterocycles. The zero-order valence-electron chi connectivity index (χ0n) is 14.6. The first-order valence-electron chi connectivity index (χ1n) is 8.28. The summed E-state index contributed by atoms with van der Waals surface area (Å²) in [7, 11) is 0. The molecule has 0 fully saturated rings. The van der Waals surface area contributed by atoms with Gasteiger partial charge in [0.2, 0.25) is 0 Å². The molecule has 0 aliphatic carbocycles. The Bertz CT molecular complexity index is 964. The van der Waals surface area contributed by atoms with Gasteiger partial charge in [-0.25, -0.2) is 9.67 Å². The standard InChI is InChI=1S/C18H17F3N4O2/c1-10-23-15(6-16(26)24-10)25-8-13(7-22-25)17(2)14-4-3-12(18(19,20)21)5-11(14)9-27-17/h3-8,16,26H,9H2,1-2H3,(H,23,24)/t16?,17-/m0/s1. The number of amidine groups is 1. The number of nitrogens with one attached hydrogen (secondary N) is 1. The van der Waals surface area contributed by atoms with Crippen molar-refractivity contribution in [3.05, 3.63) is 58.9 Å². The van der Waals surface area contributed by atoms with Gasteiger partial charge in [-0.2, -0.15) is 18.3 Å².